The second-order valence-corrected chi connectivity index (χ2v) is 9.50. The van der Waals surface area contributed by atoms with Gasteiger partial charge in [0, 0.05) is 25.3 Å². The van der Waals surface area contributed by atoms with E-state index in [1.165, 1.54) is 12.0 Å². The topological polar surface area (TPSA) is 109 Å². The van der Waals surface area contributed by atoms with Crippen LogP contribution < -0.4 is 14.5 Å². The van der Waals surface area contributed by atoms with Gasteiger partial charge in [0.15, 0.2) is 5.13 Å². The van der Waals surface area contributed by atoms with Crippen molar-refractivity contribution in [2.24, 2.45) is 0 Å². The van der Waals surface area contributed by atoms with Crippen molar-refractivity contribution >= 4 is 45.6 Å². The third-order valence-corrected chi connectivity index (χ3v) is 7.09. The van der Waals surface area contributed by atoms with E-state index < -0.39 is 23.7 Å². The van der Waals surface area contributed by atoms with Gasteiger partial charge in [0.05, 0.1) is 31.0 Å². The lowest BCUT2D eigenvalue weighted by Gasteiger charge is -2.23. The van der Waals surface area contributed by atoms with Crippen molar-refractivity contribution in [3.8, 4) is 5.75 Å². The summed E-state index contributed by atoms with van der Waals surface area (Å²) in [5.41, 5.74) is 2.15. The summed E-state index contributed by atoms with van der Waals surface area (Å²) in [6.07, 6.45) is 0. The number of esters is 1. The summed E-state index contributed by atoms with van der Waals surface area (Å²) < 4.78 is 10.4. The SMILES string of the molecule is CCOc1cccc(C(O)=C2C(=O)C(=O)N(c3nc(C)c(C(=O)OC)s3)C2c2ccc(N(C)C)cc2)c1. The Morgan fingerprint density at radius 2 is 1.86 bits per heavy atom. The van der Waals surface area contributed by atoms with Gasteiger partial charge in [-0.25, -0.2) is 9.78 Å². The van der Waals surface area contributed by atoms with E-state index in [-0.39, 0.29) is 21.3 Å². The van der Waals surface area contributed by atoms with Crippen molar-refractivity contribution in [2.45, 2.75) is 19.9 Å². The number of nitrogens with zero attached hydrogens (tertiary/aromatic N) is 3. The highest BCUT2D eigenvalue weighted by Gasteiger charge is 2.48. The van der Waals surface area contributed by atoms with Gasteiger partial charge in [-0.05, 0) is 43.7 Å². The van der Waals surface area contributed by atoms with Gasteiger partial charge in [0.2, 0.25) is 0 Å². The number of aromatic nitrogens is 1. The van der Waals surface area contributed by atoms with Gasteiger partial charge < -0.3 is 19.5 Å². The number of hydrogen-bond acceptors (Lipinski definition) is 9. The first-order chi connectivity index (χ1) is 17.7. The molecule has 1 N–H and O–H groups in total. The van der Waals surface area contributed by atoms with Gasteiger partial charge in [-0.1, -0.05) is 35.6 Å². The summed E-state index contributed by atoms with van der Waals surface area (Å²) in [5, 5.41) is 11.5. The minimum atomic E-state index is -0.969. The summed E-state index contributed by atoms with van der Waals surface area (Å²) in [4.78, 5) is 46.8. The molecule has 1 saturated heterocycles. The molecule has 2 heterocycles. The number of rotatable bonds is 7. The van der Waals surface area contributed by atoms with Crippen molar-refractivity contribution in [2.75, 3.05) is 37.6 Å². The molecule has 0 saturated carbocycles. The number of methoxy groups -OCH3 is 1. The lowest BCUT2D eigenvalue weighted by Crippen LogP contribution is -2.29. The molecular weight excluding hydrogens is 494 g/mol. The van der Waals surface area contributed by atoms with Crippen molar-refractivity contribution in [1.29, 1.82) is 0 Å². The highest BCUT2D eigenvalue weighted by Crippen LogP contribution is 2.44. The van der Waals surface area contributed by atoms with Crippen LogP contribution in [0.2, 0.25) is 0 Å². The number of Topliss-reactive ketones (excluding diaryl/α,β-unsaturated/α-hetero) is 1. The van der Waals surface area contributed by atoms with Crippen LogP contribution in [0, 0.1) is 6.92 Å². The Labute approximate surface area is 218 Å². The van der Waals surface area contributed by atoms with Gasteiger partial charge >= 0.3 is 11.9 Å². The van der Waals surface area contributed by atoms with E-state index in [2.05, 4.69) is 4.98 Å². The molecular formula is C27H27N3O6S. The number of aliphatic hydroxyl groups is 1. The number of ether oxygens (including phenoxy) is 2. The third-order valence-electron chi connectivity index (χ3n) is 5.95. The molecule has 1 unspecified atom stereocenters. The van der Waals surface area contributed by atoms with E-state index >= 15 is 0 Å². The van der Waals surface area contributed by atoms with Crippen LogP contribution in [0.15, 0.2) is 54.1 Å². The Kier molecular flexibility index (Phi) is 7.30. The fraction of sp³-hybridized carbons (Fsp3) is 0.259. The molecule has 0 bridgehead atoms. The molecule has 4 rings (SSSR count). The predicted molar refractivity (Wildman–Crippen MR) is 141 cm³/mol. The number of aliphatic hydroxyl groups excluding tert-OH is 1. The number of carbonyl (C=O) groups is 3. The van der Waals surface area contributed by atoms with E-state index in [0.29, 0.717) is 29.2 Å². The molecule has 1 atom stereocenters. The molecule has 1 fully saturated rings. The van der Waals surface area contributed by atoms with Crippen LogP contribution in [0.1, 0.15) is 39.5 Å². The molecule has 1 aliphatic rings. The Bertz CT molecular complexity index is 1390. The van der Waals surface area contributed by atoms with Gasteiger partial charge in [-0.2, -0.15) is 0 Å². The Morgan fingerprint density at radius 1 is 1.16 bits per heavy atom. The standard InChI is InChI=1S/C27H27N3O6S/c1-6-36-19-9-7-8-17(14-19)22(31)20-21(16-10-12-18(13-11-16)29(3)4)30(25(33)23(20)32)27-28-15(2)24(37-27)26(34)35-5/h7-14,21,31H,6H2,1-5H3. The second kappa shape index (κ2) is 10.4. The summed E-state index contributed by atoms with van der Waals surface area (Å²) in [7, 11) is 5.06. The van der Waals surface area contributed by atoms with Crippen molar-refractivity contribution < 1.29 is 29.0 Å². The molecule has 37 heavy (non-hydrogen) atoms. The highest BCUT2D eigenvalue weighted by molar-refractivity contribution is 7.17. The number of aryl methyl sites for hydroxylation is 1. The number of anilines is 2. The second-order valence-electron chi connectivity index (χ2n) is 8.52. The van der Waals surface area contributed by atoms with Crippen LogP contribution >= 0.6 is 11.3 Å². The molecule has 0 radical (unpaired) electrons. The zero-order valence-electron chi connectivity index (χ0n) is 21.1. The molecule has 0 aliphatic carbocycles. The Hall–Kier alpha value is -4.18. The van der Waals surface area contributed by atoms with Gasteiger partial charge in [-0.15, -0.1) is 0 Å². The van der Waals surface area contributed by atoms with Crippen molar-refractivity contribution in [1.82, 2.24) is 4.98 Å². The number of carbonyl (C=O) groups excluding carboxylic acids is 3. The first-order valence-corrected chi connectivity index (χ1v) is 12.4. The fourth-order valence-corrected chi connectivity index (χ4v) is 5.13. The molecule has 1 amide bonds. The summed E-state index contributed by atoms with van der Waals surface area (Å²) in [5.74, 6) is -2.10. The normalized spacial score (nSPS) is 16.7. The summed E-state index contributed by atoms with van der Waals surface area (Å²) >= 11 is 0.955. The maximum Gasteiger partial charge on any atom is 0.350 e. The first kappa shape index (κ1) is 25.9. The van der Waals surface area contributed by atoms with Gasteiger partial charge in [-0.3, -0.25) is 14.5 Å². The minimum Gasteiger partial charge on any atom is -0.507 e. The Morgan fingerprint density at radius 3 is 2.49 bits per heavy atom. The average molecular weight is 522 g/mol. The number of benzene rings is 2. The van der Waals surface area contributed by atoms with E-state index in [1.807, 2.05) is 38.1 Å². The molecule has 1 aliphatic heterocycles. The quantitative estimate of drug-likeness (QED) is 0.212. The van der Waals surface area contributed by atoms with E-state index in [4.69, 9.17) is 9.47 Å². The molecule has 192 valence electrons. The van der Waals surface area contributed by atoms with Crippen LogP contribution in [0.25, 0.3) is 5.76 Å². The highest BCUT2D eigenvalue weighted by atomic mass is 32.1. The molecule has 3 aromatic rings. The fourth-order valence-electron chi connectivity index (χ4n) is 4.12. The molecule has 9 nitrogen and oxygen atoms in total. The van der Waals surface area contributed by atoms with E-state index in [0.717, 1.165) is 17.0 Å². The number of amides is 1. The molecule has 0 spiro atoms. The summed E-state index contributed by atoms with van der Waals surface area (Å²) in [6, 6.07) is 13.0. The molecule has 1 aromatic heterocycles. The van der Waals surface area contributed by atoms with E-state index in [1.54, 1.807) is 43.3 Å². The first-order valence-electron chi connectivity index (χ1n) is 11.5. The van der Waals surface area contributed by atoms with Crippen LogP contribution in [-0.2, 0) is 14.3 Å². The largest absolute Gasteiger partial charge is 0.507 e. The zero-order valence-corrected chi connectivity index (χ0v) is 22.0. The average Bonchev–Trinajstić information content (AvgIpc) is 3.40. The van der Waals surface area contributed by atoms with Crippen LogP contribution in [-0.4, -0.2) is 55.6 Å². The molecule has 2 aromatic carbocycles. The maximum absolute atomic E-state index is 13.4. The molecule has 10 heteroatoms. The third kappa shape index (κ3) is 4.79. The lowest BCUT2D eigenvalue weighted by atomic mass is 9.95. The van der Waals surface area contributed by atoms with Crippen LogP contribution in [0.4, 0.5) is 10.8 Å². The lowest BCUT2D eigenvalue weighted by molar-refractivity contribution is -0.132. The number of thiazole rings is 1. The van der Waals surface area contributed by atoms with Crippen LogP contribution in [0.5, 0.6) is 5.75 Å². The Balaban J connectivity index is 1.92. The van der Waals surface area contributed by atoms with Gasteiger partial charge in [0.1, 0.15) is 16.4 Å². The van der Waals surface area contributed by atoms with Crippen molar-refractivity contribution in [3.63, 3.8) is 0 Å². The smallest absolute Gasteiger partial charge is 0.350 e. The number of hydrogen-bond donors (Lipinski definition) is 1. The predicted octanol–water partition coefficient (Wildman–Crippen LogP) is 4.33. The zero-order chi connectivity index (χ0) is 26.9. The number of ketones is 1. The van der Waals surface area contributed by atoms with Crippen LogP contribution in [0.3, 0.4) is 0 Å². The monoisotopic (exact) mass is 521 g/mol. The van der Waals surface area contributed by atoms with Crippen molar-refractivity contribution in [3.05, 3.63) is 75.8 Å². The summed E-state index contributed by atoms with van der Waals surface area (Å²) in [6.45, 7) is 3.90. The minimum absolute atomic E-state index is 0.0799. The van der Waals surface area contributed by atoms with E-state index in [9.17, 15) is 19.5 Å². The maximum atomic E-state index is 13.4. The van der Waals surface area contributed by atoms with Gasteiger partial charge in [0.25, 0.3) is 5.78 Å².